The van der Waals surface area contributed by atoms with Gasteiger partial charge in [0.2, 0.25) is 0 Å². The van der Waals surface area contributed by atoms with Gasteiger partial charge in [0.15, 0.2) is 6.20 Å². The Bertz CT molecular complexity index is 265. The van der Waals surface area contributed by atoms with Crippen LogP contribution in [0.1, 0.15) is 26.1 Å². The summed E-state index contributed by atoms with van der Waals surface area (Å²) in [5.41, 5.74) is 0. The molecular formula is C10H20N3+. The van der Waals surface area contributed by atoms with Crippen molar-refractivity contribution in [3.8, 4) is 0 Å². The maximum absolute atomic E-state index is 2.25. The van der Waals surface area contributed by atoms with Gasteiger partial charge in [0.1, 0.15) is 6.20 Å². The molecule has 3 heteroatoms. The second-order valence-electron chi connectivity index (χ2n) is 3.15. The fourth-order valence-corrected chi connectivity index (χ4v) is 1.67. The molecule has 0 saturated carbocycles. The Hall–Kier alpha value is -0.990. The van der Waals surface area contributed by atoms with Gasteiger partial charge in [0.25, 0.3) is 5.82 Å². The van der Waals surface area contributed by atoms with E-state index in [9.17, 15) is 0 Å². The minimum absolute atomic E-state index is 1.17. The molecule has 0 fully saturated rings. The van der Waals surface area contributed by atoms with Crippen LogP contribution in [0.25, 0.3) is 0 Å². The van der Waals surface area contributed by atoms with Crippen molar-refractivity contribution >= 4 is 0 Å². The van der Waals surface area contributed by atoms with Gasteiger partial charge in [-0.3, -0.25) is 0 Å². The summed E-state index contributed by atoms with van der Waals surface area (Å²) in [6.07, 6.45) is 6.70. The van der Waals surface area contributed by atoms with Gasteiger partial charge in [-0.1, -0.05) is 13.8 Å². The zero-order valence-corrected chi connectivity index (χ0v) is 9.12. The molecule has 0 radical (unpaired) electrons. The summed E-state index contributed by atoms with van der Waals surface area (Å²) < 4.78 is 4.42. The van der Waals surface area contributed by atoms with Crippen molar-refractivity contribution in [3.63, 3.8) is 0 Å². The number of aromatic nitrogens is 2. The van der Waals surface area contributed by atoms with E-state index in [2.05, 4.69) is 40.7 Å². The zero-order chi connectivity index (χ0) is 9.84. The van der Waals surface area contributed by atoms with Crippen LogP contribution in [0.5, 0.6) is 0 Å². The van der Waals surface area contributed by atoms with Crippen LogP contribution in [-0.2, 0) is 13.5 Å². The van der Waals surface area contributed by atoms with E-state index in [-0.39, 0.29) is 0 Å². The minimum Gasteiger partial charge on any atom is -0.247 e. The summed E-state index contributed by atoms with van der Waals surface area (Å²) in [6.45, 7) is 5.17. The van der Waals surface area contributed by atoms with Crippen LogP contribution in [0.3, 0.4) is 0 Å². The van der Waals surface area contributed by atoms with E-state index < -0.39 is 0 Å². The van der Waals surface area contributed by atoms with Crippen molar-refractivity contribution in [2.75, 3.05) is 18.6 Å². The average molecular weight is 182 g/mol. The number of fused-ring (bicyclic) bond motifs is 1. The average Bonchev–Trinajstić information content (AvgIpc) is 2.53. The van der Waals surface area contributed by atoms with Crippen molar-refractivity contribution in [3.05, 3.63) is 18.2 Å². The second kappa shape index (κ2) is 4.30. The normalized spacial score (nSPS) is 14.6. The predicted molar refractivity (Wildman–Crippen MR) is 54.3 cm³/mol. The molecule has 0 saturated heterocycles. The molecule has 0 unspecified atom stereocenters. The third-order valence-corrected chi connectivity index (χ3v) is 2.35. The molecule has 0 aromatic carbocycles. The van der Waals surface area contributed by atoms with E-state index in [1.54, 1.807) is 0 Å². The molecule has 0 aliphatic carbocycles. The lowest BCUT2D eigenvalue weighted by Crippen LogP contribution is -2.42. The van der Waals surface area contributed by atoms with E-state index in [4.69, 9.17) is 0 Å². The maximum Gasteiger partial charge on any atom is 0.279 e. The SMILES string of the molecule is CC.CN1CCCc2n1cc[n+]2C. The Kier molecular flexibility index (Phi) is 3.34. The van der Waals surface area contributed by atoms with Crippen molar-refractivity contribution < 1.29 is 4.57 Å². The van der Waals surface area contributed by atoms with Crippen LogP contribution in [0.2, 0.25) is 0 Å². The standard InChI is InChI=1S/C8H14N3.C2H6/c1-9-6-7-11-8(9)4-3-5-10(11)2;1-2/h6-7H,3-5H2,1-2H3;1-2H3/q+1;. The van der Waals surface area contributed by atoms with E-state index in [1.165, 1.54) is 25.2 Å². The molecule has 0 spiro atoms. The summed E-state index contributed by atoms with van der Waals surface area (Å²) in [4.78, 5) is 0. The van der Waals surface area contributed by atoms with E-state index in [1.807, 2.05) is 13.8 Å². The van der Waals surface area contributed by atoms with Crippen molar-refractivity contribution in [2.24, 2.45) is 7.05 Å². The van der Waals surface area contributed by atoms with Crippen LogP contribution in [0.15, 0.2) is 12.4 Å². The molecule has 0 N–H and O–H groups in total. The Morgan fingerprint density at radius 3 is 2.69 bits per heavy atom. The first-order valence-corrected chi connectivity index (χ1v) is 5.06. The van der Waals surface area contributed by atoms with Crippen LogP contribution in [0, 0.1) is 0 Å². The Morgan fingerprint density at radius 1 is 1.38 bits per heavy atom. The lowest BCUT2D eigenvalue weighted by Gasteiger charge is -2.20. The molecule has 1 aliphatic heterocycles. The molecule has 1 aromatic rings. The topological polar surface area (TPSA) is 12.1 Å². The Labute approximate surface area is 80.6 Å². The summed E-state index contributed by atoms with van der Waals surface area (Å²) >= 11 is 0. The molecule has 74 valence electrons. The fourth-order valence-electron chi connectivity index (χ4n) is 1.67. The molecule has 13 heavy (non-hydrogen) atoms. The highest BCUT2D eigenvalue weighted by Gasteiger charge is 2.21. The van der Waals surface area contributed by atoms with Gasteiger partial charge in [0.05, 0.1) is 20.0 Å². The minimum atomic E-state index is 1.17. The largest absolute Gasteiger partial charge is 0.279 e. The summed E-state index contributed by atoms with van der Waals surface area (Å²) in [5.74, 6) is 1.40. The number of hydrogen-bond acceptors (Lipinski definition) is 1. The van der Waals surface area contributed by atoms with Gasteiger partial charge in [-0.05, 0) is 6.42 Å². The lowest BCUT2D eigenvalue weighted by atomic mass is 10.2. The Morgan fingerprint density at radius 2 is 2.08 bits per heavy atom. The van der Waals surface area contributed by atoms with Gasteiger partial charge in [-0.15, -0.1) is 4.68 Å². The first-order chi connectivity index (χ1) is 6.29. The van der Waals surface area contributed by atoms with E-state index >= 15 is 0 Å². The molecule has 0 bridgehead atoms. The summed E-state index contributed by atoms with van der Waals surface area (Å²) in [6, 6.07) is 0. The number of aryl methyl sites for hydroxylation is 1. The quantitative estimate of drug-likeness (QED) is 0.542. The molecule has 0 amide bonds. The van der Waals surface area contributed by atoms with Gasteiger partial charge < -0.3 is 0 Å². The highest BCUT2D eigenvalue weighted by atomic mass is 15.6. The van der Waals surface area contributed by atoms with E-state index in [0.717, 1.165) is 0 Å². The molecule has 3 nitrogen and oxygen atoms in total. The number of hydrogen-bond donors (Lipinski definition) is 0. The number of rotatable bonds is 0. The van der Waals surface area contributed by atoms with Crippen LogP contribution >= 0.6 is 0 Å². The zero-order valence-electron chi connectivity index (χ0n) is 9.12. The third kappa shape index (κ3) is 1.85. The van der Waals surface area contributed by atoms with Crippen LogP contribution in [0.4, 0.5) is 0 Å². The second-order valence-corrected chi connectivity index (χ2v) is 3.15. The first kappa shape index (κ1) is 10.1. The van der Waals surface area contributed by atoms with Crippen molar-refractivity contribution in [1.82, 2.24) is 4.68 Å². The molecule has 2 rings (SSSR count). The van der Waals surface area contributed by atoms with Gasteiger partial charge in [0, 0.05) is 7.05 Å². The molecule has 0 atom stereocenters. The number of nitrogens with zero attached hydrogens (tertiary/aromatic N) is 3. The smallest absolute Gasteiger partial charge is 0.247 e. The van der Waals surface area contributed by atoms with Crippen molar-refractivity contribution in [1.29, 1.82) is 0 Å². The third-order valence-electron chi connectivity index (χ3n) is 2.35. The predicted octanol–water partition coefficient (Wildman–Crippen LogP) is 0.853. The summed E-state index contributed by atoms with van der Waals surface area (Å²) in [7, 11) is 4.23. The highest BCUT2D eigenvalue weighted by Crippen LogP contribution is 2.06. The van der Waals surface area contributed by atoms with Gasteiger partial charge in [-0.25, -0.2) is 9.58 Å². The first-order valence-electron chi connectivity index (χ1n) is 5.06. The number of imidazole rings is 1. The van der Waals surface area contributed by atoms with Crippen LogP contribution < -0.4 is 9.58 Å². The molecule has 2 heterocycles. The fraction of sp³-hybridized carbons (Fsp3) is 0.700. The molecule has 1 aliphatic rings. The van der Waals surface area contributed by atoms with Crippen LogP contribution in [-0.4, -0.2) is 18.3 Å². The monoisotopic (exact) mass is 182 g/mol. The Balaban J connectivity index is 0.000000396. The highest BCUT2D eigenvalue weighted by molar-refractivity contribution is 4.96. The van der Waals surface area contributed by atoms with E-state index in [0.29, 0.717) is 0 Å². The molecule has 1 aromatic heterocycles. The lowest BCUT2D eigenvalue weighted by molar-refractivity contribution is -0.679. The van der Waals surface area contributed by atoms with Gasteiger partial charge in [-0.2, -0.15) is 0 Å². The van der Waals surface area contributed by atoms with Gasteiger partial charge >= 0.3 is 0 Å². The van der Waals surface area contributed by atoms with Crippen molar-refractivity contribution in [2.45, 2.75) is 26.7 Å². The molecular weight excluding hydrogens is 162 g/mol. The summed E-state index contributed by atoms with van der Waals surface area (Å²) in [5, 5.41) is 2.25. The maximum atomic E-state index is 2.25.